The topological polar surface area (TPSA) is 81.7 Å². The van der Waals surface area contributed by atoms with E-state index in [4.69, 9.17) is 5.21 Å². The first-order valence-corrected chi connectivity index (χ1v) is 9.49. The number of carbonyl (C=O) groups excluding carboxylic acids is 2. The second kappa shape index (κ2) is 6.13. The van der Waals surface area contributed by atoms with Crippen molar-refractivity contribution in [3.8, 4) is 0 Å². The monoisotopic (exact) mass is 349 g/mol. The van der Waals surface area contributed by atoms with Crippen LogP contribution < -0.4 is 10.8 Å². The predicted octanol–water partition coefficient (Wildman–Crippen LogP) is 1.33. The Bertz CT molecular complexity index is 629. The zero-order valence-electron chi connectivity index (χ0n) is 13.5. The van der Waals surface area contributed by atoms with Gasteiger partial charge in [0.25, 0.3) is 0 Å². The van der Waals surface area contributed by atoms with Crippen molar-refractivity contribution in [1.82, 2.24) is 15.7 Å². The van der Waals surface area contributed by atoms with Gasteiger partial charge in [0.15, 0.2) is 0 Å². The number of hydroxylamine groups is 1. The second-order valence-electron chi connectivity index (χ2n) is 7.43. The van der Waals surface area contributed by atoms with E-state index in [1.807, 2.05) is 11.0 Å². The molecule has 1 aromatic heterocycles. The van der Waals surface area contributed by atoms with E-state index in [9.17, 15) is 9.59 Å². The third kappa shape index (κ3) is 2.85. The fraction of sp³-hybridized carbons (Fsp3) is 0.647. The van der Waals surface area contributed by atoms with Crippen LogP contribution >= 0.6 is 11.3 Å². The number of likely N-dealkylation sites (tertiary alicyclic amines) is 1. The summed E-state index contributed by atoms with van der Waals surface area (Å²) in [6, 6.07) is 3.65. The summed E-state index contributed by atoms with van der Waals surface area (Å²) in [4.78, 5) is 28.3. The third-order valence-electron chi connectivity index (χ3n) is 5.87. The number of nitrogens with one attached hydrogen (secondary N) is 2. The highest BCUT2D eigenvalue weighted by Gasteiger charge is 2.53. The lowest BCUT2D eigenvalue weighted by molar-refractivity contribution is -0.144. The summed E-state index contributed by atoms with van der Waals surface area (Å²) in [5.41, 5.74) is 1.92. The van der Waals surface area contributed by atoms with Gasteiger partial charge in [0.1, 0.15) is 0 Å². The largest absolute Gasteiger partial charge is 0.341 e. The Kier molecular flexibility index (Phi) is 4.10. The Hall–Kier alpha value is -1.44. The molecular formula is C17H23N3O3S. The molecule has 3 aliphatic rings. The standard InChI is InChI=1S/C17H23N3O3S/c21-15(19-23)12-8-17(4-5-17)10-18-14(12)16(22)20-6-3-11(9-20)13-2-1-7-24-13/h1-2,7,11-12,14,18,23H,3-6,8-10H2,(H,19,21)/t11?,12-,14-/m0/s1. The van der Waals surface area contributed by atoms with Crippen LogP contribution in [-0.4, -0.2) is 47.6 Å². The fourth-order valence-corrected chi connectivity index (χ4v) is 5.04. The van der Waals surface area contributed by atoms with Crippen molar-refractivity contribution in [3.05, 3.63) is 22.4 Å². The molecule has 2 aliphatic heterocycles. The normalized spacial score (nSPS) is 31.2. The molecule has 1 saturated carbocycles. The molecule has 3 atom stereocenters. The molecule has 1 aromatic rings. The molecule has 7 heteroatoms. The molecule has 1 unspecified atom stereocenters. The molecule has 24 heavy (non-hydrogen) atoms. The van der Waals surface area contributed by atoms with E-state index in [0.29, 0.717) is 12.3 Å². The minimum absolute atomic E-state index is 0.00171. The van der Waals surface area contributed by atoms with Gasteiger partial charge in [-0.05, 0) is 42.5 Å². The van der Waals surface area contributed by atoms with Gasteiger partial charge in [-0.25, -0.2) is 5.48 Å². The number of amides is 2. The number of thiophene rings is 1. The quantitative estimate of drug-likeness (QED) is 0.568. The molecule has 3 heterocycles. The third-order valence-corrected chi connectivity index (χ3v) is 6.90. The van der Waals surface area contributed by atoms with Gasteiger partial charge in [-0.1, -0.05) is 6.07 Å². The minimum atomic E-state index is -0.523. The average Bonchev–Trinajstić information content (AvgIpc) is 3.03. The first-order chi connectivity index (χ1) is 11.6. The van der Waals surface area contributed by atoms with Gasteiger partial charge in [-0.2, -0.15) is 0 Å². The summed E-state index contributed by atoms with van der Waals surface area (Å²) in [7, 11) is 0. The predicted molar refractivity (Wildman–Crippen MR) is 89.8 cm³/mol. The minimum Gasteiger partial charge on any atom is -0.341 e. The van der Waals surface area contributed by atoms with Gasteiger partial charge >= 0.3 is 0 Å². The molecule has 1 spiro atoms. The highest BCUT2D eigenvalue weighted by atomic mass is 32.1. The van der Waals surface area contributed by atoms with E-state index in [-0.39, 0.29) is 11.3 Å². The van der Waals surface area contributed by atoms with Crippen LogP contribution in [0.2, 0.25) is 0 Å². The van der Waals surface area contributed by atoms with Crippen molar-refractivity contribution in [2.24, 2.45) is 11.3 Å². The average molecular weight is 349 g/mol. The van der Waals surface area contributed by atoms with E-state index in [2.05, 4.69) is 16.8 Å². The highest BCUT2D eigenvalue weighted by Crippen LogP contribution is 2.52. The first-order valence-electron chi connectivity index (χ1n) is 8.61. The Morgan fingerprint density at radius 1 is 1.42 bits per heavy atom. The number of hydrogen-bond acceptors (Lipinski definition) is 5. The number of piperidine rings is 1. The van der Waals surface area contributed by atoms with Crippen molar-refractivity contribution < 1.29 is 14.8 Å². The van der Waals surface area contributed by atoms with E-state index in [1.54, 1.807) is 16.8 Å². The maximum Gasteiger partial charge on any atom is 0.248 e. The molecule has 130 valence electrons. The SMILES string of the molecule is O=C(NO)[C@H]1CC2(CC2)CN[C@@H]1C(=O)N1CCC(c2cccs2)C1. The van der Waals surface area contributed by atoms with Crippen LogP contribution in [0.25, 0.3) is 0 Å². The molecule has 0 aromatic carbocycles. The van der Waals surface area contributed by atoms with E-state index < -0.39 is 17.9 Å². The lowest BCUT2D eigenvalue weighted by Crippen LogP contribution is -2.58. The first kappa shape index (κ1) is 16.1. The van der Waals surface area contributed by atoms with Crippen LogP contribution in [0.5, 0.6) is 0 Å². The zero-order chi connectivity index (χ0) is 16.7. The van der Waals surface area contributed by atoms with Gasteiger partial charge in [-0.3, -0.25) is 14.8 Å². The van der Waals surface area contributed by atoms with Gasteiger partial charge < -0.3 is 10.2 Å². The van der Waals surface area contributed by atoms with E-state index in [1.165, 1.54) is 4.88 Å². The van der Waals surface area contributed by atoms with Gasteiger partial charge in [0.05, 0.1) is 12.0 Å². The number of carbonyl (C=O) groups is 2. The molecule has 2 amide bonds. The second-order valence-corrected chi connectivity index (χ2v) is 8.41. The molecule has 2 saturated heterocycles. The number of rotatable bonds is 3. The molecule has 0 radical (unpaired) electrons. The van der Waals surface area contributed by atoms with Crippen LogP contribution in [-0.2, 0) is 9.59 Å². The Labute approximate surface area is 145 Å². The molecule has 6 nitrogen and oxygen atoms in total. The van der Waals surface area contributed by atoms with Crippen molar-refractivity contribution >= 4 is 23.2 Å². The summed E-state index contributed by atoms with van der Waals surface area (Å²) in [6.07, 6.45) is 3.85. The smallest absolute Gasteiger partial charge is 0.248 e. The van der Waals surface area contributed by atoms with E-state index in [0.717, 1.165) is 38.9 Å². The molecule has 3 N–H and O–H groups in total. The van der Waals surface area contributed by atoms with Gasteiger partial charge in [0, 0.05) is 30.4 Å². The summed E-state index contributed by atoms with van der Waals surface area (Å²) in [5, 5.41) is 14.4. The molecular weight excluding hydrogens is 326 g/mol. The van der Waals surface area contributed by atoms with Crippen molar-refractivity contribution in [2.75, 3.05) is 19.6 Å². The molecule has 4 rings (SSSR count). The maximum absolute atomic E-state index is 13.0. The summed E-state index contributed by atoms with van der Waals surface area (Å²) in [6.45, 7) is 2.25. The molecule has 1 aliphatic carbocycles. The molecule has 3 fully saturated rings. The van der Waals surface area contributed by atoms with E-state index >= 15 is 0 Å². The highest BCUT2D eigenvalue weighted by molar-refractivity contribution is 7.10. The summed E-state index contributed by atoms with van der Waals surface area (Å²) in [5.74, 6) is -0.532. The Morgan fingerprint density at radius 3 is 2.92 bits per heavy atom. The van der Waals surface area contributed by atoms with Crippen LogP contribution in [0.3, 0.4) is 0 Å². The van der Waals surface area contributed by atoms with Gasteiger partial charge in [-0.15, -0.1) is 11.3 Å². The van der Waals surface area contributed by atoms with Gasteiger partial charge in [0.2, 0.25) is 11.8 Å². The van der Waals surface area contributed by atoms with Crippen LogP contribution in [0.15, 0.2) is 17.5 Å². The number of hydrogen-bond donors (Lipinski definition) is 3. The maximum atomic E-state index is 13.0. The fourth-order valence-electron chi connectivity index (χ4n) is 4.18. The lowest BCUT2D eigenvalue weighted by Gasteiger charge is -2.37. The zero-order valence-corrected chi connectivity index (χ0v) is 14.3. The summed E-state index contributed by atoms with van der Waals surface area (Å²) < 4.78 is 0. The lowest BCUT2D eigenvalue weighted by atomic mass is 9.81. The van der Waals surface area contributed by atoms with Crippen molar-refractivity contribution in [2.45, 2.75) is 37.6 Å². The van der Waals surface area contributed by atoms with Crippen molar-refractivity contribution in [3.63, 3.8) is 0 Å². The van der Waals surface area contributed by atoms with Crippen LogP contribution in [0, 0.1) is 11.3 Å². The van der Waals surface area contributed by atoms with Crippen LogP contribution in [0.1, 0.15) is 36.5 Å². The number of nitrogens with zero attached hydrogens (tertiary/aromatic N) is 1. The Morgan fingerprint density at radius 2 is 2.25 bits per heavy atom. The van der Waals surface area contributed by atoms with Crippen molar-refractivity contribution in [1.29, 1.82) is 0 Å². The van der Waals surface area contributed by atoms with Crippen LogP contribution in [0.4, 0.5) is 0 Å². The summed E-state index contributed by atoms with van der Waals surface area (Å²) >= 11 is 1.74. The Balaban J connectivity index is 1.45. The molecule has 0 bridgehead atoms.